The van der Waals surface area contributed by atoms with Gasteiger partial charge in [-0.2, -0.15) is 0 Å². The Bertz CT molecular complexity index is 690. The Labute approximate surface area is 187 Å². The van der Waals surface area contributed by atoms with E-state index in [1.54, 1.807) is 0 Å². The molecular formula is C25H41N3O3. The molecule has 0 aromatic carbocycles. The van der Waals surface area contributed by atoms with Gasteiger partial charge in [0.1, 0.15) is 6.26 Å². The van der Waals surface area contributed by atoms with Crippen molar-refractivity contribution in [3.05, 3.63) is 17.8 Å². The highest BCUT2D eigenvalue weighted by Crippen LogP contribution is 2.27. The monoisotopic (exact) mass is 431 g/mol. The highest BCUT2D eigenvalue weighted by Gasteiger charge is 2.31. The molecule has 1 aromatic heterocycles. The highest BCUT2D eigenvalue weighted by atomic mass is 16.3. The number of carbonyl (C=O) groups is 2. The fraction of sp³-hybridized carbons (Fsp3) is 0.800. The summed E-state index contributed by atoms with van der Waals surface area (Å²) in [7, 11) is 0. The number of oxazole rings is 1. The van der Waals surface area contributed by atoms with Crippen molar-refractivity contribution in [1.82, 2.24) is 15.2 Å². The fourth-order valence-electron chi connectivity index (χ4n) is 5.11. The zero-order chi connectivity index (χ0) is 22.1. The van der Waals surface area contributed by atoms with Crippen LogP contribution in [0.3, 0.4) is 0 Å². The summed E-state index contributed by atoms with van der Waals surface area (Å²) in [5.74, 6) is 0.602. The molecule has 6 heteroatoms. The Balaban J connectivity index is 1.67. The van der Waals surface area contributed by atoms with Gasteiger partial charge in [0, 0.05) is 18.0 Å². The van der Waals surface area contributed by atoms with Gasteiger partial charge in [-0.05, 0) is 38.5 Å². The van der Waals surface area contributed by atoms with E-state index in [2.05, 4.69) is 24.1 Å². The van der Waals surface area contributed by atoms with Crippen LogP contribution < -0.4 is 5.32 Å². The summed E-state index contributed by atoms with van der Waals surface area (Å²) in [6.07, 6.45) is 16.8. The van der Waals surface area contributed by atoms with Crippen molar-refractivity contribution >= 4 is 11.8 Å². The molecule has 0 saturated heterocycles. The molecule has 0 radical (unpaired) electrons. The first kappa shape index (κ1) is 23.8. The molecule has 0 bridgehead atoms. The molecule has 2 aliphatic carbocycles. The normalized spacial score (nSPS) is 19.2. The van der Waals surface area contributed by atoms with Crippen LogP contribution in [-0.4, -0.2) is 33.8 Å². The van der Waals surface area contributed by atoms with E-state index in [1.165, 1.54) is 44.8 Å². The lowest BCUT2D eigenvalue weighted by atomic mass is 9.91. The van der Waals surface area contributed by atoms with Gasteiger partial charge >= 0.3 is 0 Å². The molecule has 2 aliphatic rings. The number of rotatable bonds is 10. The first-order chi connectivity index (χ1) is 15.1. The van der Waals surface area contributed by atoms with E-state index >= 15 is 0 Å². The van der Waals surface area contributed by atoms with Crippen LogP contribution >= 0.6 is 0 Å². The number of hydrogen-bond acceptors (Lipinski definition) is 4. The summed E-state index contributed by atoms with van der Waals surface area (Å²) >= 11 is 0. The second kappa shape index (κ2) is 12.3. The molecule has 0 spiro atoms. The standard InChI is InChI=1S/C25H41N3O3/c1-3-5-12-19(4-2)25(30)28(21-15-10-7-11-16-21)17-23-27-22(18-31-23)24(29)26-20-13-8-6-9-14-20/h18-21H,3-17H2,1-2H3,(H,26,29). The minimum absolute atomic E-state index is 0.0610. The van der Waals surface area contributed by atoms with Crippen molar-refractivity contribution < 1.29 is 14.0 Å². The molecule has 3 rings (SSSR count). The number of hydrogen-bond donors (Lipinski definition) is 1. The quantitative estimate of drug-likeness (QED) is 0.522. The number of amides is 2. The molecule has 1 N–H and O–H groups in total. The van der Waals surface area contributed by atoms with Crippen LogP contribution in [-0.2, 0) is 11.3 Å². The maximum absolute atomic E-state index is 13.5. The summed E-state index contributed by atoms with van der Waals surface area (Å²) < 4.78 is 5.68. The Kier molecular flexibility index (Phi) is 9.41. The van der Waals surface area contributed by atoms with Crippen LogP contribution in [0.15, 0.2) is 10.7 Å². The van der Waals surface area contributed by atoms with Gasteiger partial charge in [-0.25, -0.2) is 4.98 Å². The van der Waals surface area contributed by atoms with E-state index < -0.39 is 0 Å². The van der Waals surface area contributed by atoms with Crippen molar-refractivity contribution in [2.45, 2.75) is 122 Å². The lowest BCUT2D eigenvalue weighted by Crippen LogP contribution is -2.44. The molecule has 2 amide bonds. The number of aromatic nitrogens is 1. The molecule has 31 heavy (non-hydrogen) atoms. The molecule has 6 nitrogen and oxygen atoms in total. The van der Waals surface area contributed by atoms with E-state index in [0.29, 0.717) is 18.1 Å². The highest BCUT2D eigenvalue weighted by molar-refractivity contribution is 5.92. The summed E-state index contributed by atoms with van der Waals surface area (Å²) in [6, 6.07) is 0.494. The third-order valence-corrected chi connectivity index (χ3v) is 7.08. The largest absolute Gasteiger partial charge is 0.446 e. The van der Waals surface area contributed by atoms with E-state index in [9.17, 15) is 9.59 Å². The lowest BCUT2D eigenvalue weighted by molar-refractivity contribution is -0.140. The van der Waals surface area contributed by atoms with Gasteiger partial charge in [0.2, 0.25) is 11.8 Å². The van der Waals surface area contributed by atoms with Crippen LogP contribution in [0, 0.1) is 5.92 Å². The van der Waals surface area contributed by atoms with Gasteiger partial charge in [0.15, 0.2) is 5.69 Å². The van der Waals surface area contributed by atoms with Gasteiger partial charge in [-0.1, -0.05) is 65.2 Å². The number of nitrogens with zero attached hydrogens (tertiary/aromatic N) is 2. The summed E-state index contributed by atoms with van der Waals surface area (Å²) in [6.45, 7) is 4.64. The predicted molar refractivity (Wildman–Crippen MR) is 122 cm³/mol. The minimum Gasteiger partial charge on any atom is -0.446 e. The van der Waals surface area contributed by atoms with Crippen molar-refractivity contribution in [3.8, 4) is 0 Å². The molecule has 2 fully saturated rings. The average molecular weight is 432 g/mol. The van der Waals surface area contributed by atoms with Gasteiger partial charge < -0.3 is 14.6 Å². The third-order valence-electron chi connectivity index (χ3n) is 7.08. The second-order valence-corrected chi connectivity index (χ2v) is 9.44. The van der Waals surface area contributed by atoms with Crippen LogP contribution in [0.1, 0.15) is 120 Å². The third kappa shape index (κ3) is 6.81. The van der Waals surface area contributed by atoms with Crippen LogP contribution in [0.2, 0.25) is 0 Å². The van der Waals surface area contributed by atoms with E-state index in [-0.39, 0.29) is 29.8 Å². The minimum atomic E-state index is -0.160. The first-order valence-electron chi connectivity index (χ1n) is 12.7. The van der Waals surface area contributed by atoms with Crippen molar-refractivity contribution in [2.24, 2.45) is 5.92 Å². The Morgan fingerprint density at radius 2 is 1.77 bits per heavy atom. The van der Waals surface area contributed by atoms with Gasteiger partial charge in [-0.15, -0.1) is 0 Å². The average Bonchev–Trinajstić information content (AvgIpc) is 3.28. The van der Waals surface area contributed by atoms with Gasteiger partial charge in [-0.3, -0.25) is 9.59 Å². The second-order valence-electron chi connectivity index (χ2n) is 9.44. The van der Waals surface area contributed by atoms with Gasteiger partial charge in [0.25, 0.3) is 5.91 Å². The topological polar surface area (TPSA) is 75.4 Å². The molecular weight excluding hydrogens is 390 g/mol. The zero-order valence-corrected chi connectivity index (χ0v) is 19.5. The number of nitrogens with one attached hydrogen (secondary N) is 1. The molecule has 1 heterocycles. The fourth-order valence-corrected chi connectivity index (χ4v) is 5.11. The molecule has 0 aliphatic heterocycles. The molecule has 1 unspecified atom stereocenters. The maximum atomic E-state index is 13.5. The molecule has 1 atom stereocenters. The predicted octanol–water partition coefficient (Wildman–Crippen LogP) is 5.61. The summed E-state index contributed by atoms with van der Waals surface area (Å²) in [4.78, 5) is 32.5. The lowest BCUT2D eigenvalue weighted by Gasteiger charge is -2.35. The van der Waals surface area contributed by atoms with Crippen molar-refractivity contribution in [2.75, 3.05) is 0 Å². The van der Waals surface area contributed by atoms with E-state index in [4.69, 9.17) is 4.42 Å². The van der Waals surface area contributed by atoms with Crippen LogP contribution in [0.5, 0.6) is 0 Å². The van der Waals surface area contributed by atoms with E-state index in [1.807, 2.05) is 4.90 Å². The summed E-state index contributed by atoms with van der Waals surface area (Å²) in [5.41, 5.74) is 0.328. The Morgan fingerprint density at radius 1 is 1.10 bits per heavy atom. The smallest absolute Gasteiger partial charge is 0.273 e. The van der Waals surface area contributed by atoms with Crippen LogP contribution in [0.4, 0.5) is 0 Å². The molecule has 2 saturated carbocycles. The summed E-state index contributed by atoms with van der Waals surface area (Å²) in [5, 5.41) is 3.10. The van der Waals surface area contributed by atoms with Crippen molar-refractivity contribution in [3.63, 3.8) is 0 Å². The number of unbranched alkanes of at least 4 members (excludes halogenated alkanes) is 1. The zero-order valence-electron chi connectivity index (χ0n) is 19.5. The SMILES string of the molecule is CCCCC(CC)C(=O)N(Cc1nc(C(=O)NC2CCCCC2)co1)C1CCCCC1. The Hall–Kier alpha value is -1.85. The number of carbonyl (C=O) groups excluding carboxylic acids is 2. The molecule has 1 aromatic rings. The Morgan fingerprint density at radius 3 is 2.42 bits per heavy atom. The first-order valence-corrected chi connectivity index (χ1v) is 12.7. The van der Waals surface area contributed by atoms with Crippen LogP contribution in [0.25, 0.3) is 0 Å². The molecule has 174 valence electrons. The van der Waals surface area contributed by atoms with Crippen molar-refractivity contribution in [1.29, 1.82) is 0 Å². The maximum Gasteiger partial charge on any atom is 0.273 e. The van der Waals surface area contributed by atoms with Gasteiger partial charge in [0.05, 0.1) is 6.54 Å². The van der Waals surface area contributed by atoms with E-state index in [0.717, 1.165) is 51.4 Å².